The molecule has 0 aliphatic rings. The van der Waals surface area contributed by atoms with E-state index in [0.717, 1.165) is 4.47 Å². The van der Waals surface area contributed by atoms with Crippen molar-refractivity contribution in [3.63, 3.8) is 0 Å². The van der Waals surface area contributed by atoms with Crippen molar-refractivity contribution in [2.24, 2.45) is 5.73 Å². The van der Waals surface area contributed by atoms with Gasteiger partial charge in [-0.15, -0.1) is 0 Å². The molecule has 5 N–H and O–H groups in total. The second kappa shape index (κ2) is 5.39. The molecular weight excluding hydrogens is 298 g/mol. The van der Waals surface area contributed by atoms with E-state index in [1.165, 1.54) is 0 Å². The number of nitrogens with one attached hydrogen (secondary N) is 1. The highest BCUT2D eigenvalue weighted by molar-refractivity contribution is 9.10. The third kappa shape index (κ3) is 4.03. The molecule has 0 heterocycles. The summed E-state index contributed by atoms with van der Waals surface area (Å²) in [6.07, 6.45) is 0.0622. The van der Waals surface area contributed by atoms with Gasteiger partial charge in [0.1, 0.15) is 0 Å². The molecule has 1 rings (SSSR count). The fourth-order valence-corrected chi connectivity index (χ4v) is 1.94. The second-order valence-electron chi connectivity index (χ2n) is 4.71. The van der Waals surface area contributed by atoms with Crippen LogP contribution in [0.15, 0.2) is 22.7 Å². The van der Waals surface area contributed by atoms with Gasteiger partial charge in [0.05, 0.1) is 5.56 Å². The number of benzene rings is 1. The van der Waals surface area contributed by atoms with E-state index in [1.807, 2.05) is 0 Å². The van der Waals surface area contributed by atoms with Crippen LogP contribution in [0.1, 0.15) is 30.6 Å². The Kier molecular flexibility index (Phi) is 4.34. The van der Waals surface area contributed by atoms with Gasteiger partial charge in [-0.2, -0.15) is 0 Å². The third-order valence-electron chi connectivity index (χ3n) is 2.33. The number of amides is 2. The Hall–Kier alpha value is -1.56. The number of hydrogen-bond donors (Lipinski definition) is 3. The summed E-state index contributed by atoms with van der Waals surface area (Å²) >= 11 is 3.27. The first-order valence-electron chi connectivity index (χ1n) is 5.37. The third-order valence-corrected chi connectivity index (χ3v) is 2.82. The number of nitrogen functional groups attached to an aromatic ring is 1. The molecule has 18 heavy (non-hydrogen) atoms. The zero-order valence-electron chi connectivity index (χ0n) is 10.3. The minimum atomic E-state index is -0.711. The van der Waals surface area contributed by atoms with Crippen LogP contribution < -0.4 is 16.8 Å². The van der Waals surface area contributed by atoms with Gasteiger partial charge in [0.25, 0.3) is 5.91 Å². The van der Waals surface area contributed by atoms with Crippen LogP contribution in [0.2, 0.25) is 0 Å². The number of primary amides is 1. The first kappa shape index (κ1) is 14.5. The van der Waals surface area contributed by atoms with Crippen LogP contribution in [0.25, 0.3) is 0 Å². The maximum atomic E-state index is 12.1. The van der Waals surface area contributed by atoms with Crippen LogP contribution >= 0.6 is 15.9 Å². The molecule has 0 aromatic heterocycles. The average Bonchev–Trinajstić information content (AvgIpc) is 2.18. The molecule has 0 radical (unpaired) electrons. The van der Waals surface area contributed by atoms with Crippen molar-refractivity contribution in [3.8, 4) is 0 Å². The molecule has 6 heteroatoms. The number of rotatable bonds is 4. The molecule has 0 fully saturated rings. The van der Waals surface area contributed by atoms with E-state index in [0.29, 0.717) is 11.3 Å². The van der Waals surface area contributed by atoms with E-state index < -0.39 is 11.4 Å². The summed E-state index contributed by atoms with van der Waals surface area (Å²) < 4.78 is 0.759. The normalized spacial score (nSPS) is 11.1. The van der Waals surface area contributed by atoms with Gasteiger partial charge in [0.2, 0.25) is 5.91 Å². The molecule has 98 valence electrons. The fourth-order valence-electron chi connectivity index (χ4n) is 1.58. The Morgan fingerprint density at radius 1 is 1.39 bits per heavy atom. The monoisotopic (exact) mass is 313 g/mol. The average molecular weight is 314 g/mol. The van der Waals surface area contributed by atoms with Crippen LogP contribution in [-0.4, -0.2) is 17.4 Å². The van der Waals surface area contributed by atoms with Crippen molar-refractivity contribution in [3.05, 3.63) is 28.2 Å². The molecule has 1 aromatic rings. The Balaban J connectivity index is 2.88. The first-order chi connectivity index (χ1) is 8.21. The molecule has 0 unspecified atom stereocenters. The molecule has 0 saturated heterocycles. The Morgan fingerprint density at radius 2 is 2.00 bits per heavy atom. The van der Waals surface area contributed by atoms with Crippen molar-refractivity contribution >= 4 is 33.4 Å². The maximum absolute atomic E-state index is 12.1. The minimum absolute atomic E-state index is 0.0622. The van der Waals surface area contributed by atoms with E-state index in [9.17, 15) is 9.59 Å². The molecule has 0 atom stereocenters. The zero-order chi connectivity index (χ0) is 13.9. The Labute approximate surface area is 114 Å². The summed E-state index contributed by atoms with van der Waals surface area (Å²) in [6, 6.07) is 5.02. The molecule has 0 aliphatic carbocycles. The van der Waals surface area contributed by atoms with Crippen molar-refractivity contribution in [2.75, 3.05) is 5.73 Å². The topological polar surface area (TPSA) is 98.2 Å². The Morgan fingerprint density at radius 3 is 2.56 bits per heavy atom. The number of halogens is 1. The summed E-state index contributed by atoms with van der Waals surface area (Å²) in [5.74, 6) is -0.803. The lowest BCUT2D eigenvalue weighted by atomic mass is 9.99. The number of carbonyl (C=O) groups excluding carboxylic acids is 2. The van der Waals surface area contributed by atoms with Gasteiger partial charge >= 0.3 is 0 Å². The minimum Gasteiger partial charge on any atom is -0.398 e. The van der Waals surface area contributed by atoms with Crippen LogP contribution in [-0.2, 0) is 4.79 Å². The SMILES string of the molecule is CC(C)(CC(N)=O)NC(=O)c1cc(Br)ccc1N. The standard InChI is InChI=1S/C12H16BrN3O2/c1-12(2,6-10(15)17)16-11(18)8-5-7(13)3-4-9(8)14/h3-5H,6,14H2,1-2H3,(H2,15,17)(H,16,18). The number of anilines is 1. The van der Waals surface area contributed by atoms with Gasteiger partial charge in [0.15, 0.2) is 0 Å². The lowest BCUT2D eigenvalue weighted by Crippen LogP contribution is -2.46. The van der Waals surface area contributed by atoms with Gasteiger partial charge < -0.3 is 16.8 Å². The zero-order valence-corrected chi connectivity index (χ0v) is 11.9. The van der Waals surface area contributed by atoms with Crippen LogP contribution in [0.3, 0.4) is 0 Å². The highest BCUT2D eigenvalue weighted by Gasteiger charge is 2.24. The largest absolute Gasteiger partial charge is 0.398 e. The van der Waals surface area contributed by atoms with Crippen LogP contribution in [0, 0.1) is 0 Å². The van der Waals surface area contributed by atoms with Crippen molar-refractivity contribution in [2.45, 2.75) is 25.8 Å². The highest BCUT2D eigenvalue weighted by atomic mass is 79.9. The van der Waals surface area contributed by atoms with E-state index in [4.69, 9.17) is 11.5 Å². The van der Waals surface area contributed by atoms with E-state index in [2.05, 4.69) is 21.2 Å². The van der Waals surface area contributed by atoms with Gasteiger partial charge in [-0.3, -0.25) is 9.59 Å². The summed E-state index contributed by atoms with van der Waals surface area (Å²) in [4.78, 5) is 22.9. The molecule has 0 bridgehead atoms. The van der Waals surface area contributed by atoms with E-state index in [1.54, 1.807) is 32.0 Å². The fraction of sp³-hybridized carbons (Fsp3) is 0.333. The van der Waals surface area contributed by atoms with Crippen molar-refractivity contribution < 1.29 is 9.59 Å². The van der Waals surface area contributed by atoms with Gasteiger partial charge in [0, 0.05) is 22.1 Å². The van der Waals surface area contributed by atoms with Crippen LogP contribution in [0.5, 0.6) is 0 Å². The summed E-state index contributed by atoms with van der Waals surface area (Å²) in [5.41, 5.74) is 10.9. The summed E-state index contributed by atoms with van der Waals surface area (Å²) in [6.45, 7) is 3.45. The van der Waals surface area contributed by atoms with Crippen molar-refractivity contribution in [1.29, 1.82) is 0 Å². The maximum Gasteiger partial charge on any atom is 0.253 e. The molecule has 5 nitrogen and oxygen atoms in total. The Bertz CT molecular complexity index is 486. The number of nitrogens with two attached hydrogens (primary N) is 2. The van der Waals surface area contributed by atoms with Gasteiger partial charge in [-0.05, 0) is 32.0 Å². The van der Waals surface area contributed by atoms with Gasteiger partial charge in [-0.1, -0.05) is 15.9 Å². The quantitative estimate of drug-likeness (QED) is 0.733. The number of carbonyl (C=O) groups is 2. The molecule has 2 amide bonds. The van der Waals surface area contributed by atoms with E-state index in [-0.39, 0.29) is 12.3 Å². The molecular formula is C12H16BrN3O2. The van der Waals surface area contributed by atoms with Crippen LogP contribution in [0.4, 0.5) is 5.69 Å². The number of hydrogen-bond acceptors (Lipinski definition) is 3. The summed E-state index contributed by atoms with van der Waals surface area (Å²) in [7, 11) is 0. The molecule has 1 aromatic carbocycles. The molecule has 0 saturated carbocycles. The predicted octanol–water partition coefficient (Wildman–Crippen LogP) is 1.42. The van der Waals surface area contributed by atoms with E-state index >= 15 is 0 Å². The highest BCUT2D eigenvalue weighted by Crippen LogP contribution is 2.19. The van der Waals surface area contributed by atoms with Crippen molar-refractivity contribution in [1.82, 2.24) is 5.32 Å². The smallest absolute Gasteiger partial charge is 0.253 e. The second-order valence-corrected chi connectivity index (χ2v) is 5.63. The first-order valence-corrected chi connectivity index (χ1v) is 6.16. The molecule has 0 aliphatic heterocycles. The molecule has 0 spiro atoms. The lowest BCUT2D eigenvalue weighted by Gasteiger charge is -2.25. The predicted molar refractivity (Wildman–Crippen MR) is 73.9 cm³/mol. The lowest BCUT2D eigenvalue weighted by molar-refractivity contribution is -0.119. The van der Waals surface area contributed by atoms with Gasteiger partial charge in [-0.25, -0.2) is 0 Å². The summed E-state index contributed by atoms with van der Waals surface area (Å²) in [5, 5.41) is 2.73.